The van der Waals surface area contributed by atoms with Crippen LogP contribution in [0.2, 0.25) is 0 Å². The number of anilines is 1. The second kappa shape index (κ2) is 15.2. The minimum atomic E-state index is -0.906. The molecule has 1 atom stereocenters. The summed E-state index contributed by atoms with van der Waals surface area (Å²) in [7, 11) is 1.59. The van der Waals surface area contributed by atoms with Gasteiger partial charge in [0, 0.05) is 11.4 Å². The fourth-order valence-electron chi connectivity index (χ4n) is 4.16. The molecule has 2 aromatic rings. The number of carbonyl (C=O) groups is 4. The van der Waals surface area contributed by atoms with Crippen LogP contribution >= 0.6 is 11.8 Å². The van der Waals surface area contributed by atoms with Crippen molar-refractivity contribution in [2.45, 2.75) is 82.8 Å². The second-order valence-corrected chi connectivity index (χ2v) is 13.4. The van der Waals surface area contributed by atoms with Gasteiger partial charge >= 0.3 is 18.2 Å². The summed E-state index contributed by atoms with van der Waals surface area (Å²) in [5.41, 5.74) is 0.614. The molecule has 1 unspecified atom stereocenters. The first kappa shape index (κ1) is 35.2. The Hall–Kier alpha value is -4.26. The fourth-order valence-corrected chi connectivity index (χ4v) is 5.40. The topological polar surface area (TPSA) is 145 Å². The zero-order valence-corrected chi connectivity index (χ0v) is 27.8. The molecule has 12 nitrogen and oxygen atoms in total. The second-order valence-electron chi connectivity index (χ2n) is 12.1. The molecule has 45 heavy (non-hydrogen) atoms. The number of hydrogen-bond donors (Lipinski definition) is 2. The molecule has 0 bridgehead atoms. The maximum atomic E-state index is 13.7. The molecule has 0 fully saturated rings. The number of aliphatic imine (C=N–C) groups is 1. The van der Waals surface area contributed by atoms with Crippen LogP contribution in [0, 0.1) is 0 Å². The standard InChI is InChI=1S/C32H42N4O8S/c1-9-42-26(37)19-36-23-16-21(12-15-24(23)45-25(27(36)38)17-20-10-13-22(41-8)14-11-20)18-33-28(34-29(39)43-31(2,3)4)35-30(40)44-32(5,6)7/h10-16,25H,9,17-19H2,1-8H3,(H2,33,34,35,39,40). The number of methoxy groups -OCH3 is 1. The van der Waals surface area contributed by atoms with Gasteiger partial charge in [0.2, 0.25) is 11.9 Å². The van der Waals surface area contributed by atoms with Gasteiger partial charge in [0.15, 0.2) is 0 Å². The first-order chi connectivity index (χ1) is 21.1. The zero-order chi connectivity index (χ0) is 33.4. The molecule has 0 radical (unpaired) electrons. The zero-order valence-electron chi connectivity index (χ0n) is 27.0. The smallest absolute Gasteiger partial charge is 0.437 e. The van der Waals surface area contributed by atoms with Crippen LogP contribution in [-0.4, -0.2) is 66.7 Å². The quantitative estimate of drug-likeness (QED) is 0.170. The maximum Gasteiger partial charge on any atom is 0.437 e. The lowest BCUT2D eigenvalue weighted by atomic mass is 10.1. The van der Waals surface area contributed by atoms with Crippen LogP contribution in [0.3, 0.4) is 0 Å². The number of benzene rings is 2. The summed E-state index contributed by atoms with van der Waals surface area (Å²) >= 11 is 1.42. The van der Waals surface area contributed by atoms with Gasteiger partial charge in [-0.05, 0) is 90.3 Å². The molecule has 0 saturated heterocycles. The van der Waals surface area contributed by atoms with Gasteiger partial charge in [-0.2, -0.15) is 0 Å². The number of thioether (sulfide) groups is 1. The third-order valence-corrected chi connectivity index (χ3v) is 7.23. The Bertz CT molecular complexity index is 1410. The molecule has 1 heterocycles. The normalized spacial score (nSPS) is 15.1. The predicted molar refractivity (Wildman–Crippen MR) is 172 cm³/mol. The number of fused-ring (bicyclic) bond motifs is 1. The number of rotatable bonds is 8. The number of nitrogens with zero attached hydrogens (tertiary/aromatic N) is 2. The Morgan fingerprint density at radius 2 is 1.60 bits per heavy atom. The lowest BCUT2D eigenvalue weighted by Gasteiger charge is -2.33. The van der Waals surface area contributed by atoms with E-state index in [1.165, 1.54) is 16.7 Å². The van der Waals surface area contributed by atoms with Crippen molar-refractivity contribution in [1.82, 2.24) is 10.6 Å². The van der Waals surface area contributed by atoms with Gasteiger partial charge < -0.3 is 24.3 Å². The molecule has 2 N–H and O–H groups in total. The highest BCUT2D eigenvalue weighted by Crippen LogP contribution is 2.41. The van der Waals surface area contributed by atoms with Crippen molar-refractivity contribution in [2.24, 2.45) is 4.99 Å². The summed E-state index contributed by atoms with van der Waals surface area (Å²) in [5, 5.41) is 4.93. The van der Waals surface area contributed by atoms with Gasteiger partial charge in [-0.3, -0.25) is 19.8 Å². The maximum absolute atomic E-state index is 13.7. The monoisotopic (exact) mass is 642 g/mol. The van der Waals surface area contributed by atoms with Gasteiger partial charge in [-0.1, -0.05) is 18.2 Å². The largest absolute Gasteiger partial charge is 0.497 e. The van der Waals surface area contributed by atoms with E-state index in [0.29, 0.717) is 17.7 Å². The van der Waals surface area contributed by atoms with E-state index in [1.807, 2.05) is 36.4 Å². The Morgan fingerprint density at radius 3 is 2.20 bits per heavy atom. The van der Waals surface area contributed by atoms with Gasteiger partial charge in [-0.15, -0.1) is 16.8 Å². The first-order valence-corrected chi connectivity index (χ1v) is 15.4. The molecule has 2 aromatic carbocycles. The molecule has 0 spiro atoms. The number of hydrogen-bond acceptors (Lipinski definition) is 9. The molecular weight excluding hydrogens is 600 g/mol. The highest BCUT2D eigenvalue weighted by Gasteiger charge is 2.35. The summed E-state index contributed by atoms with van der Waals surface area (Å²) in [6, 6.07) is 13.0. The summed E-state index contributed by atoms with van der Waals surface area (Å²) in [6.07, 6.45) is -1.26. The summed E-state index contributed by atoms with van der Waals surface area (Å²) in [6.45, 7) is 12.0. The van der Waals surface area contributed by atoms with E-state index in [2.05, 4.69) is 15.6 Å². The molecule has 3 rings (SSSR count). The van der Waals surface area contributed by atoms with Crippen LogP contribution in [0.15, 0.2) is 52.4 Å². The Balaban J connectivity index is 1.86. The van der Waals surface area contributed by atoms with Gasteiger partial charge in [0.1, 0.15) is 23.5 Å². The Morgan fingerprint density at radius 1 is 0.956 bits per heavy atom. The molecule has 0 aromatic heterocycles. The molecule has 244 valence electrons. The van der Waals surface area contributed by atoms with Crippen LogP contribution in [0.4, 0.5) is 15.3 Å². The number of carbonyl (C=O) groups excluding carboxylic acids is 4. The van der Waals surface area contributed by atoms with Crippen LogP contribution in [-0.2, 0) is 36.8 Å². The van der Waals surface area contributed by atoms with Crippen molar-refractivity contribution < 1.29 is 38.1 Å². The molecule has 13 heteroatoms. The first-order valence-electron chi connectivity index (χ1n) is 14.5. The number of guanidine groups is 1. The van der Waals surface area contributed by atoms with Crippen LogP contribution in [0.5, 0.6) is 5.75 Å². The van der Waals surface area contributed by atoms with Crippen molar-refractivity contribution in [3.05, 3.63) is 53.6 Å². The summed E-state index contributed by atoms with van der Waals surface area (Å²) in [5.74, 6) is -0.203. The van der Waals surface area contributed by atoms with E-state index in [-0.39, 0.29) is 31.6 Å². The average molecular weight is 643 g/mol. The van der Waals surface area contributed by atoms with E-state index in [1.54, 1.807) is 61.6 Å². The number of nitrogens with one attached hydrogen (secondary N) is 2. The highest BCUT2D eigenvalue weighted by molar-refractivity contribution is 8.01. The van der Waals surface area contributed by atoms with Crippen molar-refractivity contribution in [3.63, 3.8) is 0 Å². The fraction of sp³-hybridized carbons (Fsp3) is 0.469. The molecule has 0 aliphatic carbocycles. The molecule has 3 amide bonds. The van der Waals surface area contributed by atoms with E-state index >= 15 is 0 Å². The molecule has 1 aliphatic heterocycles. The highest BCUT2D eigenvalue weighted by atomic mass is 32.2. The SMILES string of the molecule is CCOC(=O)CN1C(=O)C(Cc2ccc(OC)cc2)Sc2ccc(CNC(=NC(=O)OC(C)(C)C)NC(=O)OC(C)(C)C)cc21. The van der Waals surface area contributed by atoms with E-state index in [0.717, 1.165) is 16.2 Å². The molecule has 1 aliphatic rings. The van der Waals surface area contributed by atoms with Crippen LogP contribution in [0.25, 0.3) is 0 Å². The number of ether oxygens (including phenoxy) is 4. The van der Waals surface area contributed by atoms with Gasteiger partial charge in [0.25, 0.3) is 0 Å². The summed E-state index contributed by atoms with van der Waals surface area (Å²) < 4.78 is 21.0. The minimum Gasteiger partial charge on any atom is -0.497 e. The third kappa shape index (κ3) is 11.3. The molecular formula is C32H42N4O8S. The predicted octanol–water partition coefficient (Wildman–Crippen LogP) is 5.21. The Kier molecular flexibility index (Phi) is 11.9. The lowest BCUT2D eigenvalue weighted by molar-refractivity contribution is -0.142. The van der Waals surface area contributed by atoms with Gasteiger partial charge in [0.05, 0.1) is 24.7 Å². The average Bonchev–Trinajstić information content (AvgIpc) is 2.92. The minimum absolute atomic E-state index is 0.103. The lowest BCUT2D eigenvalue weighted by Crippen LogP contribution is -2.45. The molecule has 0 saturated carbocycles. The van der Waals surface area contributed by atoms with Crippen LogP contribution < -0.4 is 20.3 Å². The van der Waals surface area contributed by atoms with E-state index in [9.17, 15) is 19.2 Å². The van der Waals surface area contributed by atoms with Gasteiger partial charge in [-0.25, -0.2) is 9.59 Å². The third-order valence-electron chi connectivity index (χ3n) is 5.97. The Labute approximate surface area is 268 Å². The van der Waals surface area contributed by atoms with Crippen LogP contribution in [0.1, 0.15) is 59.6 Å². The number of alkyl carbamates (subject to hydrolysis) is 1. The number of amides is 3. The van der Waals surface area contributed by atoms with Crippen molar-refractivity contribution >= 4 is 47.5 Å². The van der Waals surface area contributed by atoms with Crippen molar-refractivity contribution in [2.75, 3.05) is 25.2 Å². The van der Waals surface area contributed by atoms with E-state index in [4.69, 9.17) is 18.9 Å². The number of esters is 1. The van der Waals surface area contributed by atoms with Crippen molar-refractivity contribution in [3.8, 4) is 5.75 Å². The van der Waals surface area contributed by atoms with E-state index < -0.39 is 34.6 Å². The summed E-state index contributed by atoms with van der Waals surface area (Å²) in [4.78, 5) is 57.3. The van der Waals surface area contributed by atoms with Crippen molar-refractivity contribution in [1.29, 1.82) is 0 Å².